The highest BCUT2D eigenvalue weighted by atomic mass is 32.1. The van der Waals surface area contributed by atoms with Gasteiger partial charge >= 0.3 is 6.18 Å². The molecule has 0 aliphatic heterocycles. The molecule has 0 atom stereocenters. The van der Waals surface area contributed by atoms with E-state index in [0.29, 0.717) is 26.3 Å². The number of hydrogen-bond donors (Lipinski definition) is 0. The zero-order chi connectivity index (χ0) is 20.5. The minimum Gasteiger partial charge on any atom is -0.325 e. The Labute approximate surface area is 162 Å². The van der Waals surface area contributed by atoms with Gasteiger partial charge in [0.25, 0.3) is 5.91 Å². The van der Waals surface area contributed by atoms with Crippen LogP contribution in [-0.4, -0.2) is 23.5 Å². The SMILES string of the molecule is Cc1c(C(=O)N(Cc2ccc(C#N)cc2)CC(F)(F)F)sc2cccc(F)c12. The lowest BCUT2D eigenvalue weighted by atomic mass is 10.1. The van der Waals surface area contributed by atoms with E-state index in [2.05, 4.69) is 0 Å². The van der Waals surface area contributed by atoms with Gasteiger partial charge in [0, 0.05) is 16.6 Å². The molecule has 0 radical (unpaired) electrons. The highest BCUT2D eigenvalue weighted by Gasteiger charge is 2.34. The second kappa shape index (κ2) is 7.60. The minimum absolute atomic E-state index is 0.0815. The summed E-state index contributed by atoms with van der Waals surface area (Å²) in [4.78, 5) is 13.7. The van der Waals surface area contributed by atoms with E-state index in [1.165, 1.54) is 43.3 Å². The summed E-state index contributed by atoms with van der Waals surface area (Å²) in [6.07, 6.45) is -4.59. The molecule has 0 saturated heterocycles. The fourth-order valence-electron chi connectivity index (χ4n) is 2.92. The molecule has 0 saturated carbocycles. The van der Waals surface area contributed by atoms with Crippen LogP contribution in [0, 0.1) is 24.1 Å². The number of carbonyl (C=O) groups excluding carboxylic acids is 1. The molecule has 28 heavy (non-hydrogen) atoms. The van der Waals surface area contributed by atoms with E-state index in [0.717, 1.165) is 11.3 Å². The van der Waals surface area contributed by atoms with Gasteiger partial charge in [0.1, 0.15) is 12.4 Å². The normalized spacial score (nSPS) is 11.4. The van der Waals surface area contributed by atoms with Crippen molar-refractivity contribution in [1.82, 2.24) is 4.90 Å². The van der Waals surface area contributed by atoms with Gasteiger partial charge in [-0.2, -0.15) is 18.4 Å². The summed E-state index contributed by atoms with van der Waals surface area (Å²) in [6.45, 7) is -0.176. The molecule has 1 aromatic heterocycles. The van der Waals surface area contributed by atoms with Crippen molar-refractivity contribution in [2.75, 3.05) is 6.54 Å². The number of nitrogens with zero attached hydrogens (tertiary/aromatic N) is 2. The lowest BCUT2D eigenvalue weighted by Crippen LogP contribution is -2.38. The van der Waals surface area contributed by atoms with Gasteiger partial charge in [0.05, 0.1) is 16.5 Å². The summed E-state index contributed by atoms with van der Waals surface area (Å²) in [6, 6.07) is 12.3. The minimum atomic E-state index is -4.59. The van der Waals surface area contributed by atoms with Crippen molar-refractivity contribution in [3.05, 3.63) is 69.8 Å². The third-order valence-electron chi connectivity index (χ3n) is 4.21. The Kier molecular flexibility index (Phi) is 5.38. The highest BCUT2D eigenvalue weighted by Crippen LogP contribution is 2.34. The lowest BCUT2D eigenvalue weighted by Gasteiger charge is -2.24. The zero-order valence-electron chi connectivity index (χ0n) is 14.7. The van der Waals surface area contributed by atoms with Gasteiger partial charge in [0.15, 0.2) is 0 Å². The number of alkyl halides is 3. The second-order valence-electron chi connectivity index (χ2n) is 6.25. The van der Waals surface area contributed by atoms with Crippen molar-refractivity contribution in [3.63, 3.8) is 0 Å². The Morgan fingerprint density at radius 3 is 2.43 bits per heavy atom. The summed E-state index contributed by atoms with van der Waals surface area (Å²) in [5, 5.41) is 9.08. The van der Waals surface area contributed by atoms with Crippen LogP contribution < -0.4 is 0 Å². The summed E-state index contributed by atoms with van der Waals surface area (Å²) in [5.41, 5.74) is 1.16. The topological polar surface area (TPSA) is 44.1 Å². The number of thiophene rings is 1. The quantitative estimate of drug-likeness (QED) is 0.543. The van der Waals surface area contributed by atoms with Crippen molar-refractivity contribution in [1.29, 1.82) is 5.26 Å². The van der Waals surface area contributed by atoms with Crippen LogP contribution in [0.25, 0.3) is 10.1 Å². The smallest absolute Gasteiger partial charge is 0.325 e. The van der Waals surface area contributed by atoms with E-state index in [1.807, 2.05) is 6.07 Å². The second-order valence-corrected chi connectivity index (χ2v) is 7.31. The fraction of sp³-hybridized carbons (Fsp3) is 0.200. The molecule has 0 spiro atoms. The number of fused-ring (bicyclic) bond motifs is 1. The number of halogens is 4. The summed E-state index contributed by atoms with van der Waals surface area (Å²) in [5.74, 6) is -1.32. The summed E-state index contributed by atoms with van der Waals surface area (Å²) in [7, 11) is 0. The van der Waals surface area contributed by atoms with Crippen LogP contribution in [0.5, 0.6) is 0 Å². The molecule has 144 valence electrons. The molecule has 2 aromatic carbocycles. The summed E-state index contributed by atoms with van der Waals surface area (Å²) < 4.78 is 53.8. The van der Waals surface area contributed by atoms with Crippen LogP contribution in [0.1, 0.15) is 26.4 Å². The predicted molar refractivity (Wildman–Crippen MR) is 98.5 cm³/mol. The molecule has 3 rings (SSSR count). The van der Waals surface area contributed by atoms with E-state index >= 15 is 0 Å². The Bertz CT molecular complexity index is 1060. The summed E-state index contributed by atoms with van der Waals surface area (Å²) >= 11 is 0.976. The van der Waals surface area contributed by atoms with Crippen molar-refractivity contribution in [2.45, 2.75) is 19.6 Å². The number of nitriles is 1. The molecule has 0 bridgehead atoms. The molecular formula is C20H14F4N2OS. The average molecular weight is 406 g/mol. The molecular weight excluding hydrogens is 392 g/mol. The molecule has 0 aliphatic carbocycles. The van der Waals surface area contributed by atoms with Gasteiger partial charge in [-0.15, -0.1) is 11.3 Å². The molecule has 0 aliphatic rings. The van der Waals surface area contributed by atoms with Crippen LogP contribution >= 0.6 is 11.3 Å². The number of rotatable bonds is 4. The molecule has 3 nitrogen and oxygen atoms in total. The number of amides is 1. The van der Waals surface area contributed by atoms with Crippen molar-refractivity contribution in [3.8, 4) is 6.07 Å². The van der Waals surface area contributed by atoms with E-state index in [-0.39, 0.29) is 16.8 Å². The van der Waals surface area contributed by atoms with Gasteiger partial charge in [-0.25, -0.2) is 4.39 Å². The molecule has 1 heterocycles. The largest absolute Gasteiger partial charge is 0.406 e. The first kappa shape index (κ1) is 19.8. The van der Waals surface area contributed by atoms with Gasteiger partial charge < -0.3 is 4.90 Å². The first-order chi connectivity index (χ1) is 13.2. The van der Waals surface area contributed by atoms with Gasteiger partial charge in [-0.05, 0) is 42.3 Å². The molecule has 1 amide bonds. The standard InChI is InChI=1S/C20H14F4N2OS/c1-12-17-15(21)3-2-4-16(17)28-18(12)19(27)26(11-20(22,23)24)10-14-7-5-13(9-25)6-8-14/h2-8H,10-11H2,1H3. The number of aryl methyl sites for hydroxylation is 1. The number of carbonyl (C=O) groups is 1. The Morgan fingerprint density at radius 1 is 1.18 bits per heavy atom. The van der Waals surface area contributed by atoms with Crippen LogP contribution in [0.15, 0.2) is 42.5 Å². The van der Waals surface area contributed by atoms with E-state index < -0.39 is 24.4 Å². The van der Waals surface area contributed by atoms with Crippen molar-refractivity contribution < 1.29 is 22.4 Å². The highest BCUT2D eigenvalue weighted by molar-refractivity contribution is 7.21. The average Bonchev–Trinajstić information content (AvgIpc) is 2.98. The molecule has 0 N–H and O–H groups in total. The Morgan fingerprint density at radius 2 is 1.86 bits per heavy atom. The maximum Gasteiger partial charge on any atom is 0.406 e. The Balaban J connectivity index is 1.98. The third-order valence-corrected chi connectivity index (χ3v) is 5.46. The van der Waals surface area contributed by atoms with E-state index in [4.69, 9.17) is 5.26 Å². The number of benzene rings is 2. The van der Waals surface area contributed by atoms with E-state index in [9.17, 15) is 22.4 Å². The van der Waals surface area contributed by atoms with Gasteiger partial charge in [-0.1, -0.05) is 18.2 Å². The fourth-order valence-corrected chi connectivity index (χ4v) is 4.11. The zero-order valence-corrected chi connectivity index (χ0v) is 15.5. The first-order valence-electron chi connectivity index (χ1n) is 8.22. The van der Waals surface area contributed by atoms with Gasteiger partial charge in [-0.3, -0.25) is 4.79 Å². The third kappa shape index (κ3) is 4.15. The maximum atomic E-state index is 14.1. The van der Waals surface area contributed by atoms with Gasteiger partial charge in [0.2, 0.25) is 0 Å². The first-order valence-corrected chi connectivity index (χ1v) is 9.04. The molecule has 0 fully saturated rings. The molecule has 3 aromatic rings. The van der Waals surface area contributed by atoms with E-state index in [1.54, 1.807) is 6.07 Å². The number of hydrogen-bond acceptors (Lipinski definition) is 3. The van der Waals surface area contributed by atoms with Crippen LogP contribution in [0.3, 0.4) is 0 Å². The van der Waals surface area contributed by atoms with Crippen molar-refractivity contribution in [2.24, 2.45) is 0 Å². The lowest BCUT2D eigenvalue weighted by molar-refractivity contribution is -0.141. The van der Waals surface area contributed by atoms with Crippen LogP contribution in [0.2, 0.25) is 0 Å². The van der Waals surface area contributed by atoms with Crippen LogP contribution in [0.4, 0.5) is 17.6 Å². The Hall–Kier alpha value is -2.92. The molecule has 0 unspecified atom stereocenters. The molecule has 8 heteroatoms. The maximum absolute atomic E-state index is 14.1. The van der Waals surface area contributed by atoms with Crippen LogP contribution in [-0.2, 0) is 6.54 Å². The van der Waals surface area contributed by atoms with Crippen molar-refractivity contribution >= 4 is 27.3 Å². The monoisotopic (exact) mass is 406 g/mol. The predicted octanol–water partition coefficient (Wildman–Crippen LogP) is 5.43.